The van der Waals surface area contributed by atoms with Gasteiger partial charge in [-0.15, -0.1) is 11.3 Å². The van der Waals surface area contributed by atoms with Gasteiger partial charge >= 0.3 is 0 Å². The Hall–Kier alpha value is -1.92. The van der Waals surface area contributed by atoms with Gasteiger partial charge in [-0.25, -0.2) is 4.98 Å². The molecule has 0 aliphatic carbocycles. The second kappa shape index (κ2) is 6.46. The van der Waals surface area contributed by atoms with Crippen molar-refractivity contribution in [2.75, 3.05) is 5.43 Å². The molecule has 0 radical (unpaired) electrons. The van der Waals surface area contributed by atoms with Gasteiger partial charge in [0.2, 0.25) is 5.13 Å². The Kier molecular flexibility index (Phi) is 4.40. The summed E-state index contributed by atoms with van der Waals surface area (Å²) >= 11 is 4.95. The Labute approximate surface area is 141 Å². The molecule has 0 fully saturated rings. The van der Waals surface area contributed by atoms with Gasteiger partial charge < -0.3 is 4.42 Å². The molecule has 1 N–H and O–H groups in total. The second-order valence-corrected chi connectivity index (χ2v) is 6.54. The molecule has 0 amide bonds. The zero-order valence-electron chi connectivity index (χ0n) is 12.1. The lowest BCUT2D eigenvalue weighted by atomic mass is 10.2. The first-order valence-electron chi connectivity index (χ1n) is 6.70. The number of thiazole rings is 1. The number of nitrogens with zero attached hydrogens (tertiary/aromatic N) is 2. The molecule has 0 saturated carbocycles. The number of benzene rings is 1. The number of aryl methyl sites for hydroxylation is 1. The van der Waals surface area contributed by atoms with Gasteiger partial charge in [0.05, 0.1) is 5.69 Å². The Morgan fingerprint density at radius 2 is 2.00 bits per heavy atom. The van der Waals surface area contributed by atoms with Crippen LogP contribution in [0, 0.1) is 6.92 Å². The normalized spacial score (nSPS) is 11.7. The standard InChI is InChI=1S/C16H14BrN3OS/c1-10-3-8-15(21-10)11(2)19-20-16-18-14(9-22-16)12-4-6-13(17)7-5-12/h3-9H,1-2H3,(H,18,20)/b19-11-. The SMILES string of the molecule is C/C(=N/Nc1nc(-c2ccc(Br)cc2)cs1)c1ccc(C)o1. The van der Waals surface area contributed by atoms with Crippen LogP contribution >= 0.6 is 27.3 Å². The molecule has 2 heterocycles. The summed E-state index contributed by atoms with van der Waals surface area (Å²) in [6.45, 7) is 3.81. The van der Waals surface area contributed by atoms with Crippen molar-refractivity contribution in [3.05, 3.63) is 57.8 Å². The molecular weight excluding hydrogens is 362 g/mol. The fraction of sp³-hybridized carbons (Fsp3) is 0.125. The molecule has 0 aliphatic rings. The van der Waals surface area contributed by atoms with E-state index < -0.39 is 0 Å². The molecule has 0 unspecified atom stereocenters. The van der Waals surface area contributed by atoms with Crippen molar-refractivity contribution in [3.63, 3.8) is 0 Å². The Balaban J connectivity index is 1.73. The monoisotopic (exact) mass is 375 g/mol. The van der Waals surface area contributed by atoms with Crippen LogP contribution in [0.1, 0.15) is 18.4 Å². The van der Waals surface area contributed by atoms with E-state index in [0.717, 1.165) is 38.1 Å². The maximum Gasteiger partial charge on any atom is 0.203 e. The summed E-state index contributed by atoms with van der Waals surface area (Å²) < 4.78 is 6.58. The Morgan fingerprint density at radius 3 is 2.68 bits per heavy atom. The van der Waals surface area contributed by atoms with E-state index in [0.29, 0.717) is 0 Å². The average Bonchev–Trinajstić information content (AvgIpc) is 3.15. The quantitative estimate of drug-likeness (QED) is 0.496. The summed E-state index contributed by atoms with van der Waals surface area (Å²) in [6, 6.07) is 11.9. The van der Waals surface area contributed by atoms with E-state index in [9.17, 15) is 0 Å². The zero-order valence-corrected chi connectivity index (χ0v) is 14.5. The van der Waals surface area contributed by atoms with Crippen LogP contribution in [0.3, 0.4) is 0 Å². The minimum absolute atomic E-state index is 0.751. The van der Waals surface area contributed by atoms with Crippen LogP contribution in [0.25, 0.3) is 11.3 Å². The van der Waals surface area contributed by atoms with E-state index in [2.05, 4.69) is 31.4 Å². The van der Waals surface area contributed by atoms with Crippen molar-refractivity contribution in [2.45, 2.75) is 13.8 Å². The number of anilines is 1. The van der Waals surface area contributed by atoms with Crippen molar-refractivity contribution in [2.24, 2.45) is 5.10 Å². The molecule has 112 valence electrons. The van der Waals surface area contributed by atoms with E-state index in [4.69, 9.17) is 4.42 Å². The number of nitrogens with one attached hydrogen (secondary N) is 1. The van der Waals surface area contributed by atoms with Gasteiger partial charge in [-0.2, -0.15) is 5.10 Å². The molecule has 0 aliphatic heterocycles. The van der Waals surface area contributed by atoms with Gasteiger partial charge in [-0.1, -0.05) is 28.1 Å². The lowest BCUT2D eigenvalue weighted by Crippen LogP contribution is -1.97. The molecule has 1 aromatic carbocycles. The van der Waals surface area contributed by atoms with E-state index in [1.165, 1.54) is 11.3 Å². The minimum atomic E-state index is 0.751. The van der Waals surface area contributed by atoms with Gasteiger partial charge in [0.15, 0.2) is 0 Å². The summed E-state index contributed by atoms with van der Waals surface area (Å²) in [4.78, 5) is 4.54. The van der Waals surface area contributed by atoms with Gasteiger partial charge in [-0.05, 0) is 38.1 Å². The maximum atomic E-state index is 5.53. The molecule has 3 rings (SSSR count). The molecule has 4 nitrogen and oxygen atoms in total. The first kappa shape index (κ1) is 15.0. The van der Waals surface area contributed by atoms with Crippen LogP contribution in [0.15, 0.2) is 55.8 Å². The number of hydrogen-bond donors (Lipinski definition) is 1. The van der Waals surface area contributed by atoms with Crippen LogP contribution < -0.4 is 5.43 Å². The molecule has 3 aromatic rings. The molecular formula is C16H14BrN3OS. The summed E-state index contributed by atoms with van der Waals surface area (Å²) in [5, 5.41) is 7.07. The summed E-state index contributed by atoms with van der Waals surface area (Å²) in [5.41, 5.74) is 5.78. The van der Waals surface area contributed by atoms with Crippen molar-refractivity contribution in [1.29, 1.82) is 0 Å². The zero-order chi connectivity index (χ0) is 15.5. The van der Waals surface area contributed by atoms with E-state index >= 15 is 0 Å². The summed E-state index contributed by atoms with van der Waals surface area (Å²) in [7, 11) is 0. The molecule has 6 heteroatoms. The highest BCUT2D eigenvalue weighted by molar-refractivity contribution is 9.10. The number of halogens is 1. The highest BCUT2D eigenvalue weighted by Gasteiger charge is 2.05. The van der Waals surface area contributed by atoms with Crippen molar-refractivity contribution in [3.8, 4) is 11.3 Å². The average molecular weight is 376 g/mol. The van der Waals surface area contributed by atoms with E-state index in [1.54, 1.807) is 0 Å². The number of furan rings is 1. The van der Waals surface area contributed by atoms with Crippen LogP contribution in [-0.4, -0.2) is 10.7 Å². The Morgan fingerprint density at radius 1 is 1.23 bits per heavy atom. The fourth-order valence-electron chi connectivity index (χ4n) is 1.89. The first-order chi connectivity index (χ1) is 10.6. The fourth-order valence-corrected chi connectivity index (χ4v) is 2.82. The number of hydrazone groups is 1. The summed E-state index contributed by atoms with van der Waals surface area (Å²) in [5.74, 6) is 1.63. The molecule has 0 bridgehead atoms. The Bertz CT molecular complexity index is 805. The highest BCUT2D eigenvalue weighted by atomic mass is 79.9. The number of hydrogen-bond acceptors (Lipinski definition) is 5. The van der Waals surface area contributed by atoms with Crippen molar-refractivity contribution < 1.29 is 4.42 Å². The van der Waals surface area contributed by atoms with Crippen molar-refractivity contribution >= 4 is 38.1 Å². The third-order valence-electron chi connectivity index (χ3n) is 3.06. The lowest BCUT2D eigenvalue weighted by molar-refractivity contribution is 0.525. The molecule has 0 atom stereocenters. The van der Waals surface area contributed by atoms with Crippen LogP contribution in [0.4, 0.5) is 5.13 Å². The van der Waals surface area contributed by atoms with Crippen LogP contribution in [0.2, 0.25) is 0 Å². The predicted octanol–water partition coefficient (Wildman–Crippen LogP) is 5.31. The van der Waals surface area contributed by atoms with Gasteiger partial charge in [0.25, 0.3) is 0 Å². The number of aromatic nitrogens is 1. The van der Waals surface area contributed by atoms with Crippen LogP contribution in [-0.2, 0) is 0 Å². The minimum Gasteiger partial charge on any atom is -0.460 e. The predicted molar refractivity (Wildman–Crippen MR) is 94.5 cm³/mol. The molecule has 2 aromatic heterocycles. The van der Waals surface area contributed by atoms with E-state index in [-0.39, 0.29) is 0 Å². The highest BCUT2D eigenvalue weighted by Crippen LogP contribution is 2.26. The van der Waals surface area contributed by atoms with Crippen molar-refractivity contribution in [1.82, 2.24) is 4.98 Å². The second-order valence-electron chi connectivity index (χ2n) is 4.76. The maximum absolute atomic E-state index is 5.53. The van der Waals surface area contributed by atoms with Crippen LogP contribution in [0.5, 0.6) is 0 Å². The first-order valence-corrected chi connectivity index (χ1v) is 8.37. The van der Waals surface area contributed by atoms with Gasteiger partial charge in [0, 0.05) is 15.4 Å². The number of rotatable bonds is 4. The lowest BCUT2D eigenvalue weighted by Gasteiger charge is -1.98. The smallest absolute Gasteiger partial charge is 0.203 e. The third kappa shape index (κ3) is 3.45. The molecule has 0 saturated heterocycles. The van der Waals surface area contributed by atoms with Gasteiger partial charge in [-0.3, -0.25) is 5.43 Å². The van der Waals surface area contributed by atoms with E-state index in [1.807, 2.05) is 55.6 Å². The van der Waals surface area contributed by atoms with Gasteiger partial charge in [0.1, 0.15) is 17.2 Å². The summed E-state index contributed by atoms with van der Waals surface area (Å²) in [6.07, 6.45) is 0. The topological polar surface area (TPSA) is 50.4 Å². The third-order valence-corrected chi connectivity index (χ3v) is 4.34. The molecule has 0 spiro atoms. The largest absolute Gasteiger partial charge is 0.460 e. The molecule has 22 heavy (non-hydrogen) atoms.